The predicted octanol–water partition coefficient (Wildman–Crippen LogP) is 5.72. The van der Waals surface area contributed by atoms with Crippen LogP contribution in [0.2, 0.25) is 5.02 Å². The van der Waals surface area contributed by atoms with Crippen LogP contribution < -0.4 is 5.32 Å². The summed E-state index contributed by atoms with van der Waals surface area (Å²) in [7, 11) is 0. The minimum Gasteiger partial charge on any atom is -0.310 e. The van der Waals surface area contributed by atoms with E-state index in [9.17, 15) is 4.39 Å². The number of hydrogen-bond donors (Lipinski definition) is 1. The van der Waals surface area contributed by atoms with E-state index in [1.807, 2.05) is 12.1 Å². The van der Waals surface area contributed by atoms with E-state index in [2.05, 4.69) is 42.0 Å². The number of hydrogen-bond acceptors (Lipinski definition) is 1. The summed E-state index contributed by atoms with van der Waals surface area (Å²) < 4.78 is 15.0. The van der Waals surface area contributed by atoms with Crippen molar-refractivity contribution in [2.24, 2.45) is 5.92 Å². The molecular formula is C15H22BrClFN. The number of nitrogens with one attached hydrogen (secondary N) is 1. The first-order valence-corrected chi connectivity index (χ1v) is 8.10. The Morgan fingerprint density at radius 3 is 2.42 bits per heavy atom. The Morgan fingerprint density at radius 1 is 1.26 bits per heavy atom. The lowest BCUT2D eigenvalue weighted by atomic mass is 9.88. The van der Waals surface area contributed by atoms with Gasteiger partial charge in [-0.15, -0.1) is 0 Å². The first-order valence-electron chi connectivity index (χ1n) is 6.93. The van der Waals surface area contributed by atoms with Crippen molar-refractivity contribution in [1.29, 1.82) is 0 Å². The lowest BCUT2D eigenvalue weighted by molar-refractivity contribution is 0.333. The predicted molar refractivity (Wildman–Crippen MR) is 84.2 cm³/mol. The third-order valence-electron chi connectivity index (χ3n) is 3.53. The zero-order valence-corrected chi connectivity index (χ0v) is 14.1. The summed E-state index contributed by atoms with van der Waals surface area (Å²) in [5.41, 5.74) is 0.676. The number of rotatable bonds is 7. The SMILES string of the molecule is CCCNC(c1ccc(Br)c(Cl)c1F)C(CC)CC. The third kappa shape index (κ3) is 4.17. The van der Waals surface area contributed by atoms with Gasteiger partial charge in [-0.1, -0.05) is 51.3 Å². The minimum atomic E-state index is -0.309. The van der Waals surface area contributed by atoms with E-state index in [1.165, 1.54) is 0 Å². The number of halogens is 3. The van der Waals surface area contributed by atoms with Gasteiger partial charge in [0.15, 0.2) is 0 Å². The summed E-state index contributed by atoms with van der Waals surface area (Å²) in [6, 6.07) is 3.68. The molecule has 4 heteroatoms. The quantitative estimate of drug-likeness (QED) is 0.620. The molecular weight excluding hydrogens is 329 g/mol. The molecule has 108 valence electrons. The van der Waals surface area contributed by atoms with E-state index in [4.69, 9.17) is 11.6 Å². The maximum atomic E-state index is 14.4. The van der Waals surface area contributed by atoms with Crippen LogP contribution in [0.15, 0.2) is 16.6 Å². The van der Waals surface area contributed by atoms with Crippen LogP contribution in [-0.4, -0.2) is 6.54 Å². The molecule has 1 N–H and O–H groups in total. The molecule has 0 amide bonds. The van der Waals surface area contributed by atoms with E-state index >= 15 is 0 Å². The highest BCUT2D eigenvalue weighted by Gasteiger charge is 2.24. The highest BCUT2D eigenvalue weighted by atomic mass is 79.9. The van der Waals surface area contributed by atoms with Gasteiger partial charge < -0.3 is 5.32 Å². The van der Waals surface area contributed by atoms with Crippen molar-refractivity contribution in [3.05, 3.63) is 33.0 Å². The summed E-state index contributed by atoms with van der Waals surface area (Å²) in [5, 5.41) is 3.63. The second-order valence-electron chi connectivity index (χ2n) is 4.77. The molecule has 0 aliphatic carbocycles. The van der Waals surface area contributed by atoms with Gasteiger partial charge in [-0.2, -0.15) is 0 Å². The molecule has 0 saturated heterocycles. The van der Waals surface area contributed by atoms with Crippen LogP contribution in [0.3, 0.4) is 0 Å². The van der Waals surface area contributed by atoms with Crippen LogP contribution in [0.4, 0.5) is 4.39 Å². The molecule has 1 aromatic carbocycles. The van der Waals surface area contributed by atoms with Crippen LogP contribution in [0.5, 0.6) is 0 Å². The summed E-state index contributed by atoms with van der Waals surface area (Å²) in [4.78, 5) is 0. The molecule has 0 spiro atoms. The normalized spacial score (nSPS) is 13.0. The van der Waals surface area contributed by atoms with Gasteiger partial charge in [-0.05, 0) is 40.9 Å². The van der Waals surface area contributed by atoms with Crippen molar-refractivity contribution in [1.82, 2.24) is 5.32 Å². The molecule has 0 aliphatic rings. The molecule has 0 heterocycles. The molecule has 1 rings (SSSR count). The molecule has 1 unspecified atom stereocenters. The molecule has 1 aromatic rings. The Morgan fingerprint density at radius 2 is 1.89 bits per heavy atom. The standard InChI is InChI=1S/C15H22BrClFN/c1-4-9-19-15(10(5-2)6-3)11-7-8-12(16)13(17)14(11)18/h7-8,10,15,19H,4-6,9H2,1-3H3. The van der Waals surface area contributed by atoms with Crippen molar-refractivity contribution in [3.63, 3.8) is 0 Å². The van der Waals surface area contributed by atoms with Crippen molar-refractivity contribution in [3.8, 4) is 0 Å². The summed E-state index contributed by atoms with van der Waals surface area (Å²) in [6.45, 7) is 7.29. The monoisotopic (exact) mass is 349 g/mol. The second kappa shape index (κ2) is 8.23. The topological polar surface area (TPSA) is 12.0 Å². The molecule has 0 saturated carbocycles. The van der Waals surface area contributed by atoms with E-state index in [-0.39, 0.29) is 16.9 Å². The van der Waals surface area contributed by atoms with Crippen LogP contribution in [-0.2, 0) is 0 Å². The number of benzene rings is 1. The molecule has 0 radical (unpaired) electrons. The molecule has 1 atom stereocenters. The van der Waals surface area contributed by atoms with E-state index in [1.54, 1.807) is 0 Å². The zero-order valence-electron chi connectivity index (χ0n) is 11.8. The van der Waals surface area contributed by atoms with Crippen LogP contribution in [0, 0.1) is 11.7 Å². The first kappa shape index (κ1) is 16.9. The van der Waals surface area contributed by atoms with E-state index < -0.39 is 0 Å². The highest BCUT2D eigenvalue weighted by Crippen LogP contribution is 2.35. The van der Waals surface area contributed by atoms with Gasteiger partial charge in [0.2, 0.25) is 0 Å². The van der Waals surface area contributed by atoms with Crippen molar-refractivity contribution >= 4 is 27.5 Å². The lowest BCUT2D eigenvalue weighted by Gasteiger charge is -2.27. The van der Waals surface area contributed by atoms with Crippen LogP contribution in [0.25, 0.3) is 0 Å². The third-order valence-corrected chi connectivity index (χ3v) is 4.79. The van der Waals surface area contributed by atoms with Gasteiger partial charge in [0, 0.05) is 16.1 Å². The molecule has 19 heavy (non-hydrogen) atoms. The van der Waals surface area contributed by atoms with Crippen molar-refractivity contribution in [2.45, 2.75) is 46.1 Å². The molecule has 1 nitrogen and oxygen atoms in total. The van der Waals surface area contributed by atoms with Gasteiger partial charge >= 0.3 is 0 Å². The van der Waals surface area contributed by atoms with Crippen LogP contribution >= 0.6 is 27.5 Å². The largest absolute Gasteiger partial charge is 0.310 e. The average Bonchev–Trinajstić information content (AvgIpc) is 2.42. The van der Waals surface area contributed by atoms with Gasteiger partial charge in [0.05, 0.1) is 5.02 Å². The Bertz CT molecular complexity index is 407. The van der Waals surface area contributed by atoms with E-state index in [0.717, 1.165) is 25.8 Å². The van der Waals surface area contributed by atoms with Crippen molar-refractivity contribution in [2.75, 3.05) is 6.54 Å². The maximum Gasteiger partial charge on any atom is 0.147 e. The zero-order chi connectivity index (χ0) is 14.4. The lowest BCUT2D eigenvalue weighted by Crippen LogP contribution is -2.29. The first-order chi connectivity index (χ1) is 9.06. The fraction of sp³-hybridized carbons (Fsp3) is 0.600. The fourth-order valence-electron chi connectivity index (χ4n) is 2.37. The molecule has 0 bridgehead atoms. The summed E-state index contributed by atoms with van der Waals surface area (Å²) in [5.74, 6) is 0.106. The van der Waals surface area contributed by atoms with Crippen molar-refractivity contribution < 1.29 is 4.39 Å². The summed E-state index contributed by atoms with van der Waals surface area (Å²) in [6.07, 6.45) is 3.07. The average molecular weight is 351 g/mol. The summed E-state index contributed by atoms with van der Waals surface area (Å²) >= 11 is 9.26. The van der Waals surface area contributed by atoms with Crippen LogP contribution in [0.1, 0.15) is 51.6 Å². The Balaban J connectivity index is 3.13. The second-order valence-corrected chi connectivity index (χ2v) is 6.01. The fourth-order valence-corrected chi connectivity index (χ4v) is 2.85. The molecule has 0 aliphatic heterocycles. The Kier molecular flexibility index (Phi) is 7.33. The van der Waals surface area contributed by atoms with Gasteiger partial charge in [0.25, 0.3) is 0 Å². The Hall–Kier alpha value is -0.120. The van der Waals surface area contributed by atoms with Gasteiger partial charge in [0.1, 0.15) is 5.82 Å². The molecule has 0 fully saturated rings. The van der Waals surface area contributed by atoms with Gasteiger partial charge in [-0.3, -0.25) is 0 Å². The smallest absolute Gasteiger partial charge is 0.147 e. The highest BCUT2D eigenvalue weighted by molar-refractivity contribution is 9.10. The minimum absolute atomic E-state index is 0.0283. The maximum absolute atomic E-state index is 14.4. The van der Waals surface area contributed by atoms with E-state index in [0.29, 0.717) is 16.0 Å². The molecule has 0 aromatic heterocycles. The van der Waals surface area contributed by atoms with Gasteiger partial charge in [-0.25, -0.2) is 4.39 Å². The Labute approximate surface area is 129 Å².